The minimum Gasteiger partial charge on any atom is -0.339 e. The molecule has 0 aliphatic rings. The predicted molar refractivity (Wildman–Crippen MR) is 73.8 cm³/mol. The van der Waals surface area contributed by atoms with E-state index in [1.54, 1.807) is 6.20 Å². The minimum absolute atomic E-state index is 0.218. The molecule has 0 fully saturated rings. The molecule has 2 atom stereocenters. The lowest BCUT2D eigenvalue weighted by Gasteiger charge is -2.17. The van der Waals surface area contributed by atoms with Crippen LogP contribution in [0.5, 0.6) is 0 Å². The van der Waals surface area contributed by atoms with Crippen molar-refractivity contribution in [2.24, 2.45) is 0 Å². The van der Waals surface area contributed by atoms with Gasteiger partial charge in [-0.1, -0.05) is 18.1 Å². The first-order valence-corrected chi connectivity index (χ1v) is 6.60. The second-order valence-corrected chi connectivity index (χ2v) is 4.72. The number of rotatable bonds is 5. The van der Waals surface area contributed by atoms with Crippen molar-refractivity contribution in [1.29, 1.82) is 0 Å². The topological polar surface area (TPSA) is 63.8 Å². The molecule has 19 heavy (non-hydrogen) atoms. The van der Waals surface area contributed by atoms with Crippen LogP contribution in [0.3, 0.4) is 0 Å². The SMILES string of the molecule is CCC(c1nc(-c2ncccc2C)no1)C(C)NC. The van der Waals surface area contributed by atoms with Gasteiger partial charge in [0.15, 0.2) is 0 Å². The van der Waals surface area contributed by atoms with E-state index < -0.39 is 0 Å². The first kappa shape index (κ1) is 13.7. The van der Waals surface area contributed by atoms with Crippen LogP contribution in [0.1, 0.15) is 37.6 Å². The van der Waals surface area contributed by atoms with Crippen LogP contribution in [0, 0.1) is 6.92 Å². The molecule has 5 nitrogen and oxygen atoms in total. The maximum atomic E-state index is 5.41. The largest absolute Gasteiger partial charge is 0.339 e. The molecule has 0 bridgehead atoms. The molecule has 2 aromatic heterocycles. The van der Waals surface area contributed by atoms with Gasteiger partial charge in [0.05, 0.1) is 5.92 Å². The molecule has 2 rings (SSSR count). The summed E-state index contributed by atoms with van der Waals surface area (Å²) in [5.41, 5.74) is 1.83. The number of nitrogens with one attached hydrogen (secondary N) is 1. The van der Waals surface area contributed by atoms with Crippen LogP contribution in [-0.4, -0.2) is 28.2 Å². The van der Waals surface area contributed by atoms with Crippen LogP contribution in [0.4, 0.5) is 0 Å². The van der Waals surface area contributed by atoms with Crippen molar-refractivity contribution in [3.63, 3.8) is 0 Å². The van der Waals surface area contributed by atoms with Gasteiger partial charge in [0.1, 0.15) is 5.69 Å². The fraction of sp³-hybridized carbons (Fsp3) is 0.500. The Morgan fingerprint density at radius 1 is 1.42 bits per heavy atom. The summed E-state index contributed by atoms with van der Waals surface area (Å²) in [6, 6.07) is 4.19. The fourth-order valence-corrected chi connectivity index (χ4v) is 2.14. The Morgan fingerprint density at radius 3 is 2.84 bits per heavy atom. The Morgan fingerprint density at radius 2 is 2.21 bits per heavy atom. The van der Waals surface area contributed by atoms with E-state index in [-0.39, 0.29) is 5.92 Å². The first-order chi connectivity index (χ1) is 9.17. The molecule has 102 valence electrons. The summed E-state index contributed by atoms with van der Waals surface area (Å²) in [6.07, 6.45) is 2.69. The zero-order valence-electron chi connectivity index (χ0n) is 11.8. The number of hydrogen-bond donors (Lipinski definition) is 1. The Bertz CT molecular complexity index is 538. The zero-order chi connectivity index (χ0) is 13.8. The lowest BCUT2D eigenvalue weighted by atomic mass is 9.98. The van der Waals surface area contributed by atoms with Crippen molar-refractivity contribution >= 4 is 0 Å². The van der Waals surface area contributed by atoms with Crippen molar-refractivity contribution in [2.75, 3.05) is 7.05 Å². The molecule has 0 aromatic carbocycles. The molecule has 0 aliphatic carbocycles. The highest BCUT2D eigenvalue weighted by Crippen LogP contribution is 2.24. The number of aromatic nitrogens is 3. The highest BCUT2D eigenvalue weighted by molar-refractivity contribution is 5.53. The fourth-order valence-electron chi connectivity index (χ4n) is 2.14. The molecule has 2 aromatic rings. The van der Waals surface area contributed by atoms with Gasteiger partial charge in [-0.3, -0.25) is 4.98 Å². The number of aryl methyl sites for hydroxylation is 1. The smallest absolute Gasteiger partial charge is 0.231 e. The molecule has 0 aliphatic heterocycles. The third-order valence-corrected chi connectivity index (χ3v) is 3.48. The lowest BCUT2D eigenvalue weighted by molar-refractivity contribution is 0.322. The summed E-state index contributed by atoms with van der Waals surface area (Å²) in [6.45, 7) is 6.23. The van der Waals surface area contributed by atoms with Gasteiger partial charge in [0.2, 0.25) is 11.7 Å². The van der Waals surface area contributed by atoms with E-state index in [1.807, 2.05) is 26.1 Å². The van der Waals surface area contributed by atoms with E-state index in [0.29, 0.717) is 17.8 Å². The van der Waals surface area contributed by atoms with Gasteiger partial charge >= 0.3 is 0 Å². The lowest BCUT2D eigenvalue weighted by Crippen LogP contribution is -2.28. The third-order valence-electron chi connectivity index (χ3n) is 3.48. The van der Waals surface area contributed by atoms with E-state index in [1.165, 1.54) is 0 Å². The van der Waals surface area contributed by atoms with Gasteiger partial charge in [-0.15, -0.1) is 0 Å². The molecule has 0 saturated heterocycles. The molecule has 2 heterocycles. The van der Waals surface area contributed by atoms with Crippen LogP contribution in [0.25, 0.3) is 11.5 Å². The molecule has 2 unspecified atom stereocenters. The molecule has 5 heteroatoms. The van der Waals surface area contributed by atoms with Crippen molar-refractivity contribution in [1.82, 2.24) is 20.4 Å². The van der Waals surface area contributed by atoms with Gasteiger partial charge in [0.25, 0.3) is 0 Å². The average molecular weight is 260 g/mol. The number of pyridine rings is 1. The van der Waals surface area contributed by atoms with Crippen LogP contribution in [0.2, 0.25) is 0 Å². The first-order valence-electron chi connectivity index (χ1n) is 6.60. The quantitative estimate of drug-likeness (QED) is 0.895. The van der Waals surface area contributed by atoms with E-state index in [0.717, 1.165) is 17.7 Å². The van der Waals surface area contributed by atoms with Crippen LogP contribution >= 0.6 is 0 Å². The maximum Gasteiger partial charge on any atom is 0.231 e. The van der Waals surface area contributed by atoms with Crippen LogP contribution in [-0.2, 0) is 0 Å². The molecular formula is C14H20N4O. The normalized spacial score (nSPS) is 14.3. The summed E-state index contributed by atoms with van der Waals surface area (Å²) >= 11 is 0. The summed E-state index contributed by atoms with van der Waals surface area (Å²) in [5, 5.41) is 7.29. The molecule has 0 spiro atoms. The molecule has 0 radical (unpaired) electrons. The maximum absolute atomic E-state index is 5.41. The average Bonchev–Trinajstić information content (AvgIpc) is 2.89. The van der Waals surface area contributed by atoms with Gasteiger partial charge in [-0.25, -0.2) is 0 Å². The summed E-state index contributed by atoms with van der Waals surface area (Å²) in [5.74, 6) is 1.45. The highest BCUT2D eigenvalue weighted by atomic mass is 16.5. The van der Waals surface area contributed by atoms with Crippen LogP contribution < -0.4 is 5.32 Å². The monoisotopic (exact) mass is 260 g/mol. The predicted octanol–water partition coefficient (Wildman–Crippen LogP) is 2.54. The second kappa shape index (κ2) is 5.93. The Hall–Kier alpha value is -1.75. The number of nitrogens with zero attached hydrogens (tertiary/aromatic N) is 3. The van der Waals surface area contributed by atoms with Gasteiger partial charge < -0.3 is 9.84 Å². The number of likely N-dealkylation sites (N-methyl/N-ethyl adjacent to an activating group) is 1. The Kier molecular flexibility index (Phi) is 4.27. The second-order valence-electron chi connectivity index (χ2n) is 4.72. The molecule has 0 saturated carbocycles. The van der Waals surface area contributed by atoms with Crippen LogP contribution in [0.15, 0.2) is 22.9 Å². The van der Waals surface area contributed by atoms with Gasteiger partial charge in [-0.2, -0.15) is 4.98 Å². The highest BCUT2D eigenvalue weighted by Gasteiger charge is 2.23. The Labute approximate surface area is 113 Å². The summed E-state index contributed by atoms with van der Waals surface area (Å²) < 4.78 is 5.41. The summed E-state index contributed by atoms with van der Waals surface area (Å²) in [4.78, 5) is 8.81. The Balaban J connectivity index is 2.31. The van der Waals surface area contributed by atoms with E-state index in [4.69, 9.17) is 4.52 Å². The van der Waals surface area contributed by atoms with Crippen molar-refractivity contribution in [2.45, 2.75) is 39.2 Å². The van der Waals surface area contributed by atoms with E-state index in [9.17, 15) is 0 Å². The standard InChI is InChI=1S/C14H20N4O/c1-5-11(10(3)15-4)14-17-13(18-19-14)12-9(2)7-6-8-16-12/h6-8,10-11,15H,5H2,1-4H3. The molecule has 0 amide bonds. The van der Waals surface area contributed by atoms with Crippen molar-refractivity contribution < 1.29 is 4.52 Å². The minimum atomic E-state index is 0.218. The van der Waals surface area contributed by atoms with Gasteiger partial charge in [0, 0.05) is 12.2 Å². The van der Waals surface area contributed by atoms with E-state index in [2.05, 4.69) is 34.3 Å². The van der Waals surface area contributed by atoms with Gasteiger partial charge in [-0.05, 0) is 38.9 Å². The zero-order valence-corrected chi connectivity index (χ0v) is 11.8. The van der Waals surface area contributed by atoms with E-state index >= 15 is 0 Å². The summed E-state index contributed by atoms with van der Waals surface area (Å²) in [7, 11) is 1.94. The number of hydrogen-bond acceptors (Lipinski definition) is 5. The third kappa shape index (κ3) is 2.81. The molecular weight excluding hydrogens is 240 g/mol. The van der Waals surface area contributed by atoms with Crippen molar-refractivity contribution in [3.8, 4) is 11.5 Å². The van der Waals surface area contributed by atoms with Crippen molar-refractivity contribution in [3.05, 3.63) is 29.8 Å². The molecule has 1 N–H and O–H groups in total.